The third-order valence-electron chi connectivity index (χ3n) is 6.28. The summed E-state index contributed by atoms with van der Waals surface area (Å²) >= 11 is 0. The van der Waals surface area contributed by atoms with E-state index in [4.69, 9.17) is 15.2 Å². The van der Waals surface area contributed by atoms with Crippen molar-refractivity contribution < 1.29 is 31.8 Å². The molecular formula is C24H18F4N6O3. The third-order valence-corrected chi connectivity index (χ3v) is 6.28. The van der Waals surface area contributed by atoms with Gasteiger partial charge in [0.1, 0.15) is 35.0 Å². The van der Waals surface area contributed by atoms with Gasteiger partial charge in [-0.25, -0.2) is 19.2 Å². The van der Waals surface area contributed by atoms with Crippen molar-refractivity contribution in [2.75, 3.05) is 10.6 Å². The lowest BCUT2D eigenvalue weighted by molar-refractivity contribution is -0.139. The molecule has 0 spiro atoms. The number of hydrogen-bond acceptors (Lipinski definition) is 7. The molecule has 1 aliphatic carbocycles. The average Bonchev–Trinajstić information content (AvgIpc) is 3.35. The van der Waals surface area contributed by atoms with Gasteiger partial charge < -0.3 is 31.2 Å². The van der Waals surface area contributed by atoms with E-state index in [0.717, 1.165) is 17.2 Å². The monoisotopic (exact) mass is 514 g/mol. The van der Waals surface area contributed by atoms with Gasteiger partial charge in [-0.1, -0.05) is 0 Å². The fraction of sp³-hybridized carbons (Fsp3) is 0.208. The number of aromatic nitrogens is 1. The highest BCUT2D eigenvalue weighted by Gasteiger charge is 2.59. The minimum Gasteiger partial charge on any atom is -0.487 e. The number of nitrogens with two attached hydrogens (primary N) is 1. The predicted octanol–water partition coefficient (Wildman–Crippen LogP) is 4.32. The van der Waals surface area contributed by atoms with E-state index in [1.54, 1.807) is 24.4 Å². The number of carbonyl (C=O) groups is 1. The van der Waals surface area contributed by atoms with Crippen molar-refractivity contribution in [3.05, 3.63) is 71.2 Å². The van der Waals surface area contributed by atoms with Crippen molar-refractivity contribution >= 4 is 23.5 Å². The maximum absolute atomic E-state index is 13.5. The van der Waals surface area contributed by atoms with E-state index in [9.17, 15) is 22.4 Å². The molecule has 3 aromatic rings. The number of nitrogens with one attached hydrogen (secondary N) is 3. The van der Waals surface area contributed by atoms with E-state index >= 15 is 0 Å². The number of carbonyl (C=O) groups excluding carboxylic acids is 1. The van der Waals surface area contributed by atoms with Crippen LogP contribution in [0.2, 0.25) is 0 Å². The van der Waals surface area contributed by atoms with Crippen LogP contribution in [0.3, 0.4) is 0 Å². The first-order valence-corrected chi connectivity index (χ1v) is 11.1. The minimum atomic E-state index is -4.88. The summed E-state index contributed by atoms with van der Waals surface area (Å²) in [7, 11) is 0. The van der Waals surface area contributed by atoms with Gasteiger partial charge in [-0.2, -0.15) is 13.2 Å². The summed E-state index contributed by atoms with van der Waals surface area (Å²) in [5.41, 5.74) is 5.64. The highest BCUT2D eigenvalue weighted by molar-refractivity contribution is 5.94. The molecule has 3 heterocycles. The number of pyridine rings is 1. The summed E-state index contributed by atoms with van der Waals surface area (Å²) in [6.07, 6.45) is -3.61. The molecule has 9 nitrogen and oxygen atoms in total. The fourth-order valence-electron chi connectivity index (χ4n) is 4.50. The van der Waals surface area contributed by atoms with Gasteiger partial charge >= 0.3 is 12.2 Å². The Morgan fingerprint density at radius 2 is 2.03 bits per heavy atom. The molecule has 2 amide bonds. The standard InChI is InChI=1S/C24H18F4N6O3/c25-15-3-1-10(7-14(15)24(26,27)28)32-23(35)33-19-18-12-8-11(2-4-16(12)37-20(18)19)36-17-5-6-30-21-13(17)9-31-22(29)34-21/h1-8,18-20H,9H2,(H2,32,33,35)(H3,29,30,31,34). The normalized spacial score (nSPS) is 20.9. The number of benzene rings is 2. The summed E-state index contributed by atoms with van der Waals surface area (Å²) in [4.78, 5) is 20.8. The Hall–Kier alpha value is -4.55. The summed E-state index contributed by atoms with van der Waals surface area (Å²) in [5, 5.41) is 7.90. The molecule has 5 N–H and O–H groups in total. The minimum absolute atomic E-state index is 0.152. The van der Waals surface area contributed by atoms with Crippen LogP contribution >= 0.6 is 0 Å². The molecule has 1 fully saturated rings. The van der Waals surface area contributed by atoms with Crippen LogP contribution in [-0.2, 0) is 12.7 Å². The largest absolute Gasteiger partial charge is 0.487 e. The number of ether oxygens (including phenoxy) is 2. The number of nitrogens with zero attached hydrogens (tertiary/aromatic N) is 2. The Balaban J connectivity index is 1.13. The van der Waals surface area contributed by atoms with Gasteiger partial charge in [0.15, 0.2) is 5.96 Å². The molecule has 3 unspecified atom stereocenters. The summed E-state index contributed by atoms with van der Waals surface area (Å²) < 4.78 is 64.3. The van der Waals surface area contributed by atoms with Crippen LogP contribution in [0.15, 0.2) is 53.7 Å². The van der Waals surface area contributed by atoms with Gasteiger partial charge in [-0.3, -0.25) is 0 Å². The van der Waals surface area contributed by atoms with Gasteiger partial charge in [0.05, 0.1) is 29.6 Å². The first-order chi connectivity index (χ1) is 17.7. The van der Waals surface area contributed by atoms with Crippen LogP contribution in [0.1, 0.15) is 22.6 Å². The van der Waals surface area contributed by atoms with Crippen molar-refractivity contribution in [1.82, 2.24) is 10.3 Å². The maximum atomic E-state index is 13.5. The second kappa shape index (κ2) is 8.25. The van der Waals surface area contributed by atoms with Gasteiger partial charge in [-0.15, -0.1) is 0 Å². The Kier molecular flexibility index (Phi) is 5.10. The Bertz CT molecular complexity index is 1460. The zero-order valence-electron chi connectivity index (χ0n) is 18.8. The lowest BCUT2D eigenvalue weighted by Gasteiger charge is -2.18. The number of guanidine groups is 1. The van der Waals surface area contributed by atoms with Crippen LogP contribution in [0.25, 0.3) is 0 Å². The molecule has 0 radical (unpaired) electrons. The van der Waals surface area contributed by atoms with E-state index in [2.05, 4.69) is 25.9 Å². The van der Waals surface area contributed by atoms with Gasteiger partial charge in [-0.05, 0) is 42.5 Å². The highest BCUT2D eigenvalue weighted by Crippen LogP contribution is 2.54. The molecule has 1 saturated carbocycles. The number of rotatable bonds is 4. The third kappa shape index (κ3) is 4.21. The number of aliphatic imine (C=N–C) groups is 1. The van der Waals surface area contributed by atoms with Crippen LogP contribution in [-0.4, -0.2) is 29.1 Å². The Labute approximate surface area is 206 Å². The summed E-state index contributed by atoms with van der Waals surface area (Å²) in [6, 6.07) is 8.20. The number of alkyl halides is 3. The number of fused-ring (bicyclic) bond motifs is 4. The number of amides is 2. The van der Waals surface area contributed by atoms with Crippen LogP contribution < -0.4 is 31.2 Å². The number of halogens is 4. The molecule has 190 valence electrons. The van der Waals surface area contributed by atoms with Crippen molar-refractivity contribution in [3.63, 3.8) is 0 Å². The summed E-state index contributed by atoms with van der Waals surface area (Å²) in [6.45, 7) is 0.315. The van der Waals surface area contributed by atoms with Crippen LogP contribution in [0.4, 0.5) is 33.9 Å². The smallest absolute Gasteiger partial charge is 0.419 e. The van der Waals surface area contributed by atoms with Gasteiger partial charge in [0.2, 0.25) is 0 Å². The van der Waals surface area contributed by atoms with Crippen molar-refractivity contribution in [1.29, 1.82) is 0 Å². The molecule has 3 atom stereocenters. The molecule has 0 saturated heterocycles. The molecule has 2 aromatic carbocycles. The van der Waals surface area contributed by atoms with Crippen LogP contribution in [0, 0.1) is 5.82 Å². The quantitative estimate of drug-likeness (QED) is 0.385. The van der Waals surface area contributed by atoms with E-state index in [-0.39, 0.29) is 29.7 Å². The van der Waals surface area contributed by atoms with Crippen molar-refractivity contribution in [2.24, 2.45) is 10.7 Å². The first kappa shape index (κ1) is 22.9. The first-order valence-electron chi connectivity index (χ1n) is 11.1. The lowest BCUT2D eigenvalue weighted by Crippen LogP contribution is -2.34. The second-order valence-corrected chi connectivity index (χ2v) is 8.69. The van der Waals surface area contributed by atoms with Crippen molar-refractivity contribution in [3.8, 4) is 17.2 Å². The Morgan fingerprint density at radius 1 is 1.19 bits per heavy atom. The number of anilines is 2. The Morgan fingerprint density at radius 3 is 2.84 bits per heavy atom. The average molecular weight is 514 g/mol. The van der Waals surface area contributed by atoms with Gasteiger partial charge in [0, 0.05) is 17.4 Å². The molecule has 0 bridgehead atoms. The van der Waals surface area contributed by atoms with Gasteiger partial charge in [0.25, 0.3) is 0 Å². The lowest BCUT2D eigenvalue weighted by atomic mass is 10.1. The van der Waals surface area contributed by atoms with E-state index in [1.165, 1.54) is 0 Å². The van der Waals surface area contributed by atoms with E-state index in [0.29, 0.717) is 41.7 Å². The predicted molar refractivity (Wildman–Crippen MR) is 124 cm³/mol. The molecule has 1 aromatic heterocycles. The molecular weight excluding hydrogens is 496 g/mol. The molecule has 37 heavy (non-hydrogen) atoms. The van der Waals surface area contributed by atoms with Crippen molar-refractivity contribution in [2.45, 2.75) is 30.8 Å². The zero-order valence-corrected chi connectivity index (χ0v) is 18.8. The summed E-state index contributed by atoms with van der Waals surface area (Å²) in [5.74, 6) is 1.03. The molecule has 3 aliphatic rings. The highest BCUT2D eigenvalue weighted by atomic mass is 19.4. The van der Waals surface area contributed by atoms with Crippen LogP contribution in [0.5, 0.6) is 17.2 Å². The van der Waals surface area contributed by atoms with E-state index in [1.807, 2.05) is 6.07 Å². The fourth-order valence-corrected chi connectivity index (χ4v) is 4.50. The number of hydrogen-bond donors (Lipinski definition) is 4. The molecule has 2 aliphatic heterocycles. The number of urea groups is 1. The van der Waals surface area contributed by atoms with E-state index < -0.39 is 23.6 Å². The SMILES string of the molecule is NC1=NCc2c(Oc3ccc4c(c3)C3C(NC(=O)Nc5ccc(F)c(C(F)(F)F)c5)C3O4)ccnc2N1. The maximum Gasteiger partial charge on any atom is 0.419 e. The topological polar surface area (TPSA) is 123 Å². The zero-order chi connectivity index (χ0) is 25.9. The molecule has 6 rings (SSSR count). The molecule has 13 heteroatoms. The second-order valence-electron chi connectivity index (χ2n) is 8.69.